The van der Waals surface area contributed by atoms with Gasteiger partial charge in [0.2, 0.25) is 0 Å². The average Bonchev–Trinajstić information content (AvgIpc) is 3.80. The highest BCUT2D eigenvalue weighted by Gasteiger charge is 2.29. The van der Waals surface area contributed by atoms with Crippen molar-refractivity contribution >= 4 is 33.7 Å². The van der Waals surface area contributed by atoms with Crippen molar-refractivity contribution in [2.75, 3.05) is 13.7 Å². The summed E-state index contributed by atoms with van der Waals surface area (Å²) < 4.78 is 10.2. The summed E-state index contributed by atoms with van der Waals surface area (Å²) in [6.45, 7) is 3.33. The van der Waals surface area contributed by atoms with E-state index in [9.17, 15) is 15.0 Å². The molecule has 0 unspecified atom stereocenters. The standard InChI is InChI=1S/C40H40N6O4/c1-23-12-13-27(35(23)41)21-43-40(49)28-18-31-36(34(20-28)50-2)46-22-24-7-5-8-25(17-24)29-10-3-4-11-30(29)37(48)33(47)14-16-45-32(39(46)44-31)19-26-9-6-15-42-38(26)45/h3-11,15,17-20,23,27,33,37,41,47-48H,12-14,16,21-22H2,1-2H3,(H,43,49)/t23-,27-,33-,37+/m1/s1. The van der Waals surface area contributed by atoms with Crippen LogP contribution in [0.1, 0.15) is 53.8 Å². The first-order valence-electron chi connectivity index (χ1n) is 17.2. The number of nitrogens with zero attached hydrogens (tertiary/aromatic N) is 4. The lowest BCUT2D eigenvalue weighted by Crippen LogP contribution is -2.31. The molecular formula is C40H40N6O4. The summed E-state index contributed by atoms with van der Waals surface area (Å²) in [6, 6.07) is 25.4. The molecule has 2 aliphatic rings. The highest BCUT2D eigenvalue weighted by molar-refractivity contribution is 6.00. The number of fused-ring (bicyclic) bond motifs is 11. The first-order valence-corrected chi connectivity index (χ1v) is 17.2. The van der Waals surface area contributed by atoms with E-state index in [1.807, 2.05) is 54.6 Å². The zero-order chi connectivity index (χ0) is 34.5. The number of rotatable bonds is 4. The van der Waals surface area contributed by atoms with Gasteiger partial charge in [-0.25, -0.2) is 9.97 Å². The van der Waals surface area contributed by atoms with Gasteiger partial charge in [-0.15, -0.1) is 0 Å². The summed E-state index contributed by atoms with van der Waals surface area (Å²) in [5.41, 5.74) is 7.51. The average molecular weight is 669 g/mol. The number of carbonyl (C=O) groups excluding carboxylic acids is 1. The van der Waals surface area contributed by atoms with E-state index in [0.717, 1.165) is 51.8 Å². The molecule has 3 aromatic heterocycles. The number of amides is 1. The van der Waals surface area contributed by atoms with Crippen molar-refractivity contribution in [2.45, 2.75) is 51.5 Å². The monoisotopic (exact) mass is 668 g/mol. The lowest BCUT2D eigenvalue weighted by molar-refractivity contribution is 0.0115. The Morgan fingerprint density at radius 3 is 2.68 bits per heavy atom. The van der Waals surface area contributed by atoms with Gasteiger partial charge < -0.3 is 34.8 Å². The molecule has 3 aromatic carbocycles. The number of ether oxygens (including phenoxy) is 1. The third-order valence-electron chi connectivity index (χ3n) is 10.5. The number of aromatic nitrogens is 4. The lowest BCUT2D eigenvalue weighted by Gasteiger charge is -2.23. The zero-order valence-electron chi connectivity index (χ0n) is 28.1. The fourth-order valence-corrected chi connectivity index (χ4v) is 7.72. The molecule has 1 aliphatic carbocycles. The molecule has 1 aliphatic heterocycles. The van der Waals surface area contributed by atoms with Crippen molar-refractivity contribution in [3.8, 4) is 28.4 Å². The number of aliphatic hydroxyl groups is 2. The van der Waals surface area contributed by atoms with Gasteiger partial charge in [0.15, 0.2) is 5.82 Å². The Morgan fingerprint density at radius 1 is 1.00 bits per heavy atom. The number of benzene rings is 3. The molecule has 0 saturated heterocycles. The van der Waals surface area contributed by atoms with Gasteiger partial charge in [-0.2, -0.15) is 0 Å². The summed E-state index contributed by atoms with van der Waals surface area (Å²) in [5.74, 6) is 1.27. The Hall–Kier alpha value is -5.32. The number of aliphatic hydroxyl groups excluding tert-OH is 2. The highest BCUT2D eigenvalue weighted by atomic mass is 16.5. The molecule has 6 aromatic rings. The largest absolute Gasteiger partial charge is 0.494 e. The molecule has 4 heterocycles. The van der Waals surface area contributed by atoms with Crippen molar-refractivity contribution in [1.29, 1.82) is 5.41 Å². The van der Waals surface area contributed by atoms with Crippen LogP contribution >= 0.6 is 0 Å². The summed E-state index contributed by atoms with van der Waals surface area (Å²) in [6.07, 6.45) is 1.78. The van der Waals surface area contributed by atoms with Gasteiger partial charge >= 0.3 is 0 Å². The normalized spacial score (nSPS) is 20.6. The van der Waals surface area contributed by atoms with E-state index in [2.05, 4.69) is 39.6 Å². The van der Waals surface area contributed by atoms with Gasteiger partial charge in [-0.1, -0.05) is 49.4 Å². The Labute approximate surface area is 289 Å². The Bertz CT molecular complexity index is 2270. The number of carbonyl (C=O) groups is 1. The lowest BCUT2D eigenvalue weighted by atomic mass is 9.92. The second kappa shape index (κ2) is 12.9. The predicted molar refractivity (Wildman–Crippen MR) is 194 cm³/mol. The minimum absolute atomic E-state index is 0.0549. The molecule has 4 atom stereocenters. The van der Waals surface area contributed by atoms with Crippen LogP contribution in [0.2, 0.25) is 0 Å². The number of hydrogen-bond donors (Lipinski definition) is 4. The Morgan fingerprint density at radius 2 is 1.86 bits per heavy atom. The summed E-state index contributed by atoms with van der Waals surface area (Å²) in [4.78, 5) is 23.4. The minimum Gasteiger partial charge on any atom is -0.494 e. The van der Waals surface area contributed by atoms with E-state index in [1.54, 1.807) is 19.4 Å². The molecule has 8 rings (SSSR count). The minimum atomic E-state index is -1.09. The molecule has 1 saturated carbocycles. The van der Waals surface area contributed by atoms with Crippen molar-refractivity contribution in [3.63, 3.8) is 0 Å². The van der Waals surface area contributed by atoms with E-state index >= 15 is 0 Å². The van der Waals surface area contributed by atoms with Crippen LogP contribution in [0.3, 0.4) is 0 Å². The Balaban J connectivity index is 1.30. The smallest absolute Gasteiger partial charge is 0.251 e. The number of pyridine rings is 1. The van der Waals surface area contributed by atoms with Gasteiger partial charge in [0.25, 0.3) is 5.91 Å². The second-order valence-corrected chi connectivity index (χ2v) is 13.6. The van der Waals surface area contributed by atoms with Crippen LogP contribution in [0.15, 0.2) is 85.1 Å². The number of methoxy groups -OCH3 is 1. The van der Waals surface area contributed by atoms with E-state index in [-0.39, 0.29) is 24.2 Å². The fraction of sp³-hybridized carbons (Fsp3) is 0.300. The maximum Gasteiger partial charge on any atom is 0.251 e. The molecule has 254 valence electrons. The van der Waals surface area contributed by atoms with Crippen LogP contribution in [0.5, 0.6) is 5.75 Å². The number of hydrogen-bond acceptors (Lipinski definition) is 7. The van der Waals surface area contributed by atoms with Crippen molar-refractivity contribution in [3.05, 3.63) is 102 Å². The quantitative estimate of drug-likeness (QED) is 0.172. The first-order chi connectivity index (χ1) is 24.3. The van der Waals surface area contributed by atoms with Crippen LogP contribution < -0.4 is 10.1 Å². The number of nitrogens with one attached hydrogen (secondary N) is 2. The topological polar surface area (TPSA) is 138 Å². The van der Waals surface area contributed by atoms with Crippen LogP contribution in [0.4, 0.5) is 0 Å². The molecule has 2 bridgehead atoms. The third kappa shape index (κ3) is 5.54. The van der Waals surface area contributed by atoms with Gasteiger partial charge in [-0.3, -0.25) is 4.79 Å². The van der Waals surface area contributed by atoms with E-state index in [0.29, 0.717) is 53.6 Å². The second-order valence-electron chi connectivity index (χ2n) is 13.6. The molecule has 0 spiro atoms. The summed E-state index contributed by atoms with van der Waals surface area (Å²) >= 11 is 0. The molecule has 4 N–H and O–H groups in total. The third-order valence-corrected chi connectivity index (χ3v) is 10.5. The molecule has 1 fully saturated rings. The van der Waals surface area contributed by atoms with E-state index < -0.39 is 12.2 Å². The molecule has 10 heteroatoms. The SMILES string of the molecule is COc1cc(C(=O)NC[C@H]2CC[C@@H](C)C2=N)cc2nc3n(c12)Cc1cccc(c1)-c1ccccc1[C@H](O)[C@H](O)CCn1c-3cc2cccnc21. The molecule has 1 amide bonds. The predicted octanol–water partition coefficient (Wildman–Crippen LogP) is 6.37. The van der Waals surface area contributed by atoms with Crippen LogP contribution in [-0.4, -0.2) is 60.7 Å². The molecule has 10 nitrogen and oxygen atoms in total. The molecular weight excluding hydrogens is 628 g/mol. The molecule has 0 radical (unpaired) electrons. The van der Waals surface area contributed by atoms with Crippen LogP contribution in [0.25, 0.3) is 44.7 Å². The highest BCUT2D eigenvalue weighted by Crippen LogP contribution is 2.38. The summed E-state index contributed by atoms with van der Waals surface area (Å²) in [5, 5.41) is 35.2. The zero-order valence-corrected chi connectivity index (χ0v) is 28.1. The van der Waals surface area contributed by atoms with Crippen LogP contribution in [0, 0.1) is 17.2 Å². The number of imidazole rings is 1. The van der Waals surface area contributed by atoms with Gasteiger partial charge in [-0.05, 0) is 83.8 Å². The fourth-order valence-electron chi connectivity index (χ4n) is 7.72. The first kappa shape index (κ1) is 31.9. The molecule has 50 heavy (non-hydrogen) atoms. The number of aryl methyl sites for hydroxylation is 1. The summed E-state index contributed by atoms with van der Waals surface area (Å²) in [7, 11) is 1.60. The van der Waals surface area contributed by atoms with E-state index in [1.165, 1.54) is 0 Å². The van der Waals surface area contributed by atoms with Crippen molar-refractivity contribution < 1.29 is 19.7 Å². The maximum absolute atomic E-state index is 13.6. The van der Waals surface area contributed by atoms with Crippen molar-refractivity contribution in [2.24, 2.45) is 11.8 Å². The van der Waals surface area contributed by atoms with Crippen molar-refractivity contribution in [1.82, 2.24) is 24.4 Å². The Kier molecular flexibility index (Phi) is 8.20. The maximum atomic E-state index is 13.6. The van der Waals surface area contributed by atoms with E-state index in [4.69, 9.17) is 20.1 Å². The van der Waals surface area contributed by atoms with Gasteiger partial charge in [0.1, 0.15) is 23.0 Å². The van der Waals surface area contributed by atoms with Crippen LogP contribution in [-0.2, 0) is 13.1 Å². The van der Waals surface area contributed by atoms with Gasteiger partial charge in [0, 0.05) is 48.4 Å². The van der Waals surface area contributed by atoms with Gasteiger partial charge in [0.05, 0.1) is 24.4 Å².